The molecule has 1 rings (SSSR count). The van der Waals surface area contributed by atoms with Gasteiger partial charge in [-0.2, -0.15) is 0 Å². The predicted molar refractivity (Wildman–Crippen MR) is 68.0 cm³/mol. The maximum atomic E-state index is 11.8. The van der Waals surface area contributed by atoms with Gasteiger partial charge in [0.15, 0.2) is 0 Å². The van der Waals surface area contributed by atoms with Crippen LogP contribution in [0.5, 0.6) is 0 Å². The van der Waals surface area contributed by atoms with Crippen molar-refractivity contribution in [3.8, 4) is 0 Å². The second-order valence-electron chi connectivity index (χ2n) is 3.90. The first-order chi connectivity index (χ1) is 8.19. The summed E-state index contributed by atoms with van der Waals surface area (Å²) in [6.45, 7) is 4.30. The monoisotopic (exact) mass is 261 g/mol. The van der Waals surface area contributed by atoms with Crippen LogP contribution in [0.1, 0.15) is 33.1 Å². The van der Waals surface area contributed by atoms with Gasteiger partial charge >= 0.3 is 11.9 Å². The van der Waals surface area contributed by atoms with Crippen LogP contribution in [-0.4, -0.2) is 41.9 Å². The van der Waals surface area contributed by atoms with Gasteiger partial charge in [0.05, 0.1) is 13.2 Å². The van der Waals surface area contributed by atoms with E-state index in [0.717, 1.165) is 24.3 Å². The van der Waals surface area contributed by atoms with Gasteiger partial charge < -0.3 is 9.47 Å². The lowest BCUT2D eigenvalue weighted by Gasteiger charge is -2.13. The summed E-state index contributed by atoms with van der Waals surface area (Å²) in [5.74, 6) is 1.57. The van der Waals surface area contributed by atoms with E-state index >= 15 is 0 Å². The lowest BCUT2D eigenvalue weighted by molar-refractivity contribution is -0.149. The zero-order chi connectivity index (χ0) is 12.7. The molecular formula is C12H21O4S+. The molecule has 1 saturated heterocycles. The summed E-state index contributed by atoms with van der Waals surface area (Å²) < 4.78 is 9.97. The van der Waals surface area contributed by atoms with Crippen molar-refractivity contribution in [3.63, 3.8) is 0 Å². The number of hydrogen-bond acceptors (Lipinski definition) is 4. The molecular weight excluding hydrogens is 240 g/mol. The van der Waals surface area contributed by atoms with E-state index in [-0.39, 0.29) is 34.5 Å². The van der Waals surface area contributed by atoms with E-state index in [1.807, 2.05) is 0 Å². The predicted octanol–water partition coefficient (Wildman–Crippen LogP) is 1.28. The van der Waals surface area contributed by atoms with Gasteiger partial charge in [0.2, 0.25) is 5.25 Å². The molecule has 0 N–H and O–H groups in total. The smallest absolute Gasteiger partial charge is 0.360 e. The molecule has 4 nitrogen and oxygen atoms in total. The third-order valence-electron chi connectivity index (χ3n) is 2.67. The number of carbonyl (C=O) groups excluding carboxylic acids is 2. The van der Waals surface area contributed by atoms with E-state index in [1.54, 1.807) is 13.8 Å². The van der Waals surface area contributed by atoms with E-state index in [1.165, 1.54) is 0 Å². The van der Waals surface area contributed by atoms with Gasteiger partial charge in [0, 0.05) is 10.9 Å². The molecule has 98 valence electrons. The molecule has 5 heteroatoms. The molecule has 1 fully saturated rings. The van der Waals surface area contributed by atoms with Crippen molar-refractivity contribution in [2.24, 2.45) is 0 Å². The first kappa shape index (κ1) is 14.4. The average molecular weight is 261 g/mol. The Morgan fingerprint density at radius 2 is 1.71 bits per heavy atom. The fraction of sp³-hybridized carbons (Fsp3) is 0.833. The molecule has 0 radical (unpaired) electrons. The van der Waals surface area contributed by atoms with Crippen LogP contribution in [0.3, 0.4) is 0 Å². The van der Waals surface area contributed by atoms with Gasteiger partial charge in [-0.1, -0.05) is 0 Å². The molecule has 0 aromatic heterocycles. The molecule has 1 heterocycles. The molecule has 1 atom stereocenters. The normalized spacial score (nSPS) is 17.8. The molecule has 0 aromatic rings. The van der Waals surface area contributed by atoms with Gasteiger partial charge in [-0.3, -0.25) is 4.79 Å². The third-order valence-corrected chi connectivity index (χ3v) is 5.46. The standard InChI is InChI=1S/C12H21O4S/c1-3-15-11(13)9-10(12(14)16-4-2)17-7-5-6-8-17/h10H,3-9H2,1-2H3/q+1. The van der Waals surface area contributed by atoms with E-state index in [2.05, 4.69) is 0 Å². The van der Waals surface area contributed by atoms with Crippen LogP contribution < -0.4 is 0 Å². The maximum Gasteiger partial charge on any atom is 0.360 e. The van der Waals surface area contributed by atoms with Crippen LogP contribution >= 0.6 is 0 Å². The summed E-state index contributed by atoms with van der Waals surface area (Å²) in [6, 6.07) is 0. The van der Waals surface area contributed by atoms with Gasteiger partial charge in [-0.05, 0) is 26.7 Å². The van der Waals surface area contributed by atoms with E-state index < -0.39 is 0 Å². The minimum absolute atomic E-state index is 0.00380. The highest BCUT2D eigenvalue weighted by Crippen LogP contribution is 2.22. The summed E-state index contributed by atoms with van der Waals surface area (Å²) in [6.07, 6.45) is 2.49. The van der Waals surface area contributed by atoms with Crippen molar-refractivity contribution in [1.29, 1.82) is 0 Å². The highest BCUT2D eigenvalue weighted by molar-refractivity contribution is 7.98. The molecule has 1 unspecified atom stereocenters. The highest BCUT2D eigenvalue weighted by Gasteiger charge is 2.42. The third kappa shape index (κ3) is 4.58. The topological polar surface area (TPSA) is 52.6 Å². The number of hydrogen-bond donors (Lipinski definition) is 0. The Hall–Kier alpha value is -0.710. The molecule has 0 saturated carbocycles. The Morgan fingerprint density at radius 3 is 2.24 bits per heavy atom. The van der Waals surface area contributed by atoms with E-state index in [4.69, 9.17) is 9.47 Å². The Bertz CT molecular complexity index is 261. The van der Waals surface area contributed by atoms with Gasteiger partial charge in [0.25, 0.3) is 0 Å². The zero-order valence-corrected chi connectivity index (χ0v) is 11.4. The maximum absolute atomic E-state index is 11.8. The van der Waals surface area contributed by atoms with Gasteiger partial charge in [0.1, 0.15) is 17.9 Å². The summed E-state index contributed by atoms with van der Waals surface area (Å²) in [7, 11) is 0.00380. The summed E-state index contributed by atoms with van der Waals surface area (Å²) in [5, 5.41) is -0.281. The Kier molecular flexibility index (Phi) is 6.40. The summed E-state index contributed by atoms with van der Waals surface area (Å²) in [5.41, 5.74) is 0. The average Bonchev–Trinajstić information content (AvgIpc) is 2.79. The van der Waals surface area contributed by atoms with Crippen LogP contribution in [0.15, 0.2) is 0 Å². The zero-order valence-electron chi connectivity index (χ0n) is 10.6. The first-order valence-corrected chi connectivity index (χ1v) is 7.80. The largest absolute Gasteiger partial charge is 0.466 e. The van der Waals surface area contributed by atoms with Gasteiger partial charge in [-0.15, -0.1) is 0 Å². The van der Waals surface area contributed by atoms with Crippen molar-refractivity contribution in [2.45, 2.75) is 38.4 Å². The highest BCUT2D eigenvalue weighted by atomic mass is 32.2. The molecule has 1 aliphatic rings. The van der Waals surface area contributed by atoms with Crippen molar-refractivity contribution in [2.75, 3.05) is 24.7 Å². The van der Waals surface area contributed by atoms with Crippen LogP contribution in [0.4, 0.5) is 0 Å². The minimum Gasteiger partial charge on any atom is -0.466 e. The Labute approximate surface area is 105 Å². The fourth-order valence-electron chi connectivity index (χ4n) is 1.91. The number of carbonyl (C=O) groups is 2. The second kappa shape index (κ2) is 7.58. The number of rotatable bonds is 6. The quantitative estimate of drug-likeness (QED) is 0.534. The van der Waals surface area contributed by atoms with Crippen molar-refractivity contribution >= 4 is 22.8 Å². The van der Waals surface area contributed by atoms with Crippen LogP contribution in [0, 0.1) is 0 Å². The fourth-order valence-corrected chi connectivity index (χ4v) is 4.54. The molecule has 1 aliphatic heterocycles. The Balaban J connectivity index is 2.57. The minimum atomic E-state index is -0.287. The first-order valence-electron chi connectivity index (χ1n) is 6.17. The SMILES string of the molecule is CCOC(=O)CC(C(=O)OCC)[S+]1CCCC1. The molecule has 0 spiro atoms. The lowest BCUT2D eigenvalue weighted by Crippen LogP contribution is -2.36. The van der Waals surface area contributed by atoms with Crippen LogP contribution in [0.25, 0.3) is 0 Å². The van der Waals surface area contributed by atoms with E-state index in [9.17, 15) is 9.59 Å². The molecule has 0 aliphatic carbocycles. The lowest BCUT2D eigenvalue weighted by atomic mass is 10.3. The molecule has 0 bridgehead atoms. The Morgan fingerprint density at radius 1 is 1.12 bits per heavy atom. The summed E-state index contributed by atoms with van der Waals surface area (Å²) in [4.78, 5) is 23.3. The van der Waals surface area contributed by atoms with Crippen molar-refractivity contribution in [1.82, 2.24) is 0 Å². The molecule has 17 heavy (non-hydrogen) atoms. The van der Waals surface area contributed by atoms with Crippen LogP contribution in [0.2, 0.25) is 0 Å². The van der Waals surface area contributed by atoms with E-state index in [0.29, 0.717) is 13.2 Å². The molecule has 0 amide bonds. The van der Waals surface area contributed by atoms with Gasteiger partial charge in [-0.25, -0.2) is 4.79 Å². The molecule has 0 aromatic carbocycles. The van der Waals surface area contributed by atoms with Crippen molar-refractivity contribution < 1.29 is 19.1 Å². The number of esters is 2. The van der Waals surface area contributed by atoms with Crippen molar-refractivity contribution in [3.05, 3.63) is 0 Å². The summed E-state index contributed by atoms with van der Waals surface area (Å²) >= 11 is 0. The van der Waals surface area contributed by atoms with Crippen LogP contribution in [-0.2, 0) is 30.0 Å². The number of ether oxygens (including phenoxy) is 2. The second-order valence-corrected chi connectivity index (χ2v) is 6.36.